The van der Waals surface area contributed by atoms with Crippen LogP contribution in [0.4, 0.5) is 5.69 Å². The van der Waals surface area contributed by atoms with Crippen LogP contribution in [0.3, 0.4) is 0 Å². The van der Waals surface area contributed by atoms with Crippen LogP contribution in [0, 0.1) is 0 Å². The van der Waals surface area contributed by atoms with Gasteiger partial charge in [0.05, 0.1) is 6.21 Å². The standard InChI is InChI=1S/C19H24N4O/c1-3-13-23(14-4-2)18-7-5-16(6-8-18)15-21-22-19(24)17-9-11-20-12-10-17/h5-12,15H,3-4,13-14H2,1-2H3,(H,22,24)/b21-15+. The molecule has 0 saturated carbocycles. The molecule has 2 aromatic rings. The highest BCUT2D eigenvalue weighted by atomic mass is 16.2. The maximum Gasteiger partial charge on any atom is 0.271 e. The molecule has 0 aliphatic heterocycles. The summed E-state index contributed by atoms with van der Waals surface area (Å²) in [6, 6.07) is 11.5. The number of benzene rings is 1. The van der Waals surface area contributed by atoms with Crippen LogP contribution >= 0.6 is 0 Å². The van der Waals surface area contributed by atoms with Gasteiger partial charge in [-0.15, -0.1) is 0 Å². The molecule has 2 rings (SSSR count). The fourth-order valence-corrected chi connectivity index (χ4v) is 2.41. The minimum atomic E-state index is -0.248. The number of hydrogen-bond donors (Lipinski definition) is 1. The number of carbonyl (C=O) groups excluding carboxylic acids is 1. The molecule has 126 valence electrons. The number of nitrogens with one attached hydrogen (secondary N) is 1. The monoisotopic (exact) mass is 324 g/mol. The molecule has 0 radical (unpaired) electrons. The third kappa shape index (κ3) is 5.19. The SMILES string of the molecule is CCCN(CCC)c1ccc(/C=N/NC(=O)c2ccncc2)cc1. The van der Waals surface area contributed by atoms with Gasteiger partial charge in [0.25, 0.3) is 5.91 Å². The van der Waals surface area contributed by atoms with E-state index in [0.717, 1.165) is 31.5 Å². The van der Waals surface area contributed by atoms with Gasteiger partial charge in [0, 0.05) is 36.7 Å². The van der Waals surface area contributed by atoms with Crippen molar-refractivity contribution < 1.29 is 4.79 Å². The quantitative estimate of drug-likeness (QED) is 0.597. The van der Waals surface area contributed by atoms with Gasteiger partial charge >= 0.3 is 0 Å². The van der Waals surface area contributed by atoms with E-state index in [1.165, 1.54) is 5.69 Å². The van der Waals surface area contributed by atoms with Gasteiger partial charge in [0.15, 0.2) is 0 Å². The largest absolute Gasteiger partial charge is 0.372 e. The summed E-state index contributed by atoms with van der Waals surface area (Å²) in [6.45, 7) is 6.50. The van der Waals surface area contributed by atoms with Crippen molar-refractivity contribution in [2.75, 3.05) is 18.0 Å². The number of rotatable bonds is 8. The molecule has 1 heterocycles. The van der Waals surface area contributed by atoms with E-state index >= 15 is 0 Å². The number of pyridine rings is 1. The van der Waals surface area contributed by atoms with Gasteiger partial charge < -0.3 is 4.90 Å². The Bertz CT molecular complexity index is 647. The lowest BCUT2D eigenvalue weighted by atomic mass is 10.2. The highest BCUT2D eigenvalue weighted by Crippen LogP contribution is 2.15. The van der Waals surface area contributed by atoms with E-state index in [0.29, 0.717) is 5.56 Å². The predicted octanol–water partition coefficient (Wildman–Crippen LogP) is 3.47. The van der Waals surface area contributed by atoms with Crippen molar-refractivity contribution in [3.63, 3.8) is 0 Å². The van der Waals surface area contributed by atoms with Gasteiger partial charge in [-0.1, -0.05) is 26.0 Å². The summed E-state index contributed by atoms with van der Waals surface area (Å²) in [5, 5.41) is 4.01. The molecule has 0 saturated heterocycles. The zero-order chi connectivity index (χ0) is 17.2. The molecule has 5 nitrogen and oxygen atoms in total. The number of carbonyl (C=O) groups is 1. The number of anilines is 1. The average molecular weight is 324 g/mol. The smallest absolute Gasteiger partial charge is 0.271 e. The van der Waals surface area contributed by atoms with E-state index in [9.17, 15) is 4.79 Å². The lowest BCUT2D eigenvalue weighted by Gasteiger charge is -2.23. The van der Waals surface area contributed by atoms with Crippen LogP contribution < -0.4 is 10.3 Å². The Morgan fingerprint density at radius 3 is 2.29 bits per heavy atom. The average Bonchev–Trinajstić information content (AvgIpc) is 2.63. The third-order valence-corrected chi connectivity index (χ3v) is 3.57. The molecule has 5 heteroatoms. The Kier molecular flexibility index (Phi) is 6.95. The van der Waals surface area contributed by atoms with Crippen molar-refractivity contribution >= 4 is 17.8 Å². The first-order chi connectivity index (χ1) is 11.7. The Labute approximate surface area is 143 Å². The van der Waals surface area contributed by atoms with Crippen molar-refractivity contribution in [2.24, 2.45) is 5.10 Å². The van der Waals surface area contributed by atoms with Crippen LogP contribution in [0.5, 0.6) is 0 Å². The summed E-state index contributed by atoms with van der Waals surface area (Å²) in [4.78, 5) is 18.1. The molecule has 0 unspecified atom stereocenters. The predicted molar refractivity (Wildman–Crippen MR) is 98.5 cm³/mol. The normalized spacial score (nSPS) is 10.8. The zero-order valence-corrected chi connectivity index (χ0v) is 14.3. The van der Waals surface area contributed by atoms with E-state index in [2.05, 4.69) is 46.4 Å². The van der Waals surface area contributed by atoms with Crippen molar-refractivity contribution in [1.29, 1.82) is 0 Å². The maximum absolute atomic E-state index is 11.9. The highest BCUT2D eigenvalue weighted by molar-refractivity contribution is 5.94. The van der Waals surface area contributed by atoms with Gasteiger partial charge in [-0.3, -0.25) is 9.78 Å². The Morgan fingerprint density at radius 2 is 1.71 bits per heavy atom. The lowest BCUT2D eigenvalue weighted by molar-refractivity contribution is 0.0955. The fraction of sp³-hybridized carbons (Fsp3) is 0.316. The molecule has 1 aromatic heterocycles. The first kappa shape index (κ1) is 17.7. The third-order valence-electron chi connectivity index (χ3n) is 3.57. The van der Waals surface area contributed by atoms with Gasteiger partial charge in [0.1, 0.15) is 0 Å². The molecule has 0 atom stereocenters. The summed E-state index contributed by atoms with van der Waals surface area (Å²) < 4.78 is 0. The van der Waals surface area contributed by atoms with E-state index in [1.54, 1.807) is 30.7 Å². The molecule has 0 spiro atoms. The van der Waals surface area contributed by atoms with Crippen molar-refractivity contribution in [1.82, 2.24) is 10.4 Å². The number of amides is 1. The minimum Gasteiger partial charge on any atom is -0.372 e. The summed E-state index contributed by atoms with van der Waals surface area (Å²) in [7, 11) is 0. The van der Waals surface area contributed by atoms with Gasteiger partial charge in [-0.25, -0.2) is 5.43 Å². The molecule has 1 amide bonds. The Balaban J connectivity index is 1.94. The highest BCUT2D eigenvalue weighted by Gasteiger charge is 2.04. The molecule has 24 heavy (non-hydrogen) atoms. The molecule has 1 aromatic carbocycles. The Morgan fingerprint density at radius 1 is 1.08 bits per heavy atom. The van der Waals surface area contributed by atoms with Crippen LogP contribution in [0.2, 0.25) is 0 Å². The number of aromatic nitrogens is 1. The van der Waals surface area contributed by atoms with Crippen molar-refractivity contribution in [3.8, 4) is 0 Å². The number of hydrogen-bond acceptors (Lipinski definition) is 4. The van der Waals surface area contributed by atoms with Gasteiger partial charge in [-0.05, 0) is 42.7 Å². The fourth-order valence-electron chi connectivity index (χ4n) is 2.41. The molecular weight excluding hydrogens is 300 g/mol. The van der Waals surface area contributed by atoms with E-state index in [-0.39, 0.29) is 5.91 Å². The molecule has 0 fully saturated rings. The maximum atomic E-state index is 11.9. The van der Waals surface area contributed by atoms with Crippen LogP contribution in [0.25, 0.3) is 0 Å². The molecule has 0 bridgehead atoms. The first-order valence-corrected chi connectivity index (χ1v) is 8.33. The first-order valence-electron chi connectivity index (χ1n) is 8.33. The topological polar surface area (TPSA) is 57.6 Å². The van der Waals surface area contributed by atoms with Crippen LogP contribution in [-0.4, -0.2) is 30.2 Å². The van der Waals surface area contributed by atoms with Gasteiger partial charge in [0.2, 0.25) is 0 Å². The van der Waals surface area contributed by atoms with Crippen molar-refractivity contribution in [3.05, 3.63) is 59.9 Å². The van der Waals surface area contributed by atoms with E-state index in [1.807, 2.05) is 12.1 Å². The Hall–Kier alpha value is -2.69. The van der Waals surface area contributed by atoms with Gasteiger partial charge in [-0.2, -0.15) is 5.10 Å². The van der Waals surface area contributed by atoms with Crippen LogP contribution in [0.1, 0.15) is 42.6 Å². The number of nitrogens with zero attached hydrogens (tertiary/aromatic N) is 3. The second-order valence-corrected chi connectivity index (χ2v) is 5.51. The lowest BCUT2D eigenvalue weighted by Crippen LogP contribution is -2.24. The summed E-state index contributed by atoms with van der Waals surface area (Å²) >= 11 is 0. The number of hydrazone groups is 1. The van der Waals surface area contributed by atoms with Crippen LogP contribution in [0.15, 0.2) is 53.9 Å². The summed E-state index contributed by atoms with van der Waals surface area (Å²) in [5.74, 6) is -0.248. The van der Waals surface area contributed by atoms with E-state index in [4.69, 9.17) is 0 Å². The second-order valence-electron chi connectivity index (χ2n) is 5.51. The molecule has 0 aliphatic carbocycles. The minimum absolute atomic E-state index is 0.248. The second kappa shape index (κ2) is 9.45. The zero-order valence-electron chi connectivity index (χ0n) is 14.3. The summed E-state index contributed by atoms with van der Waals surface area (Å²) in [6.07, 6.45) is 7.06. The van der Waals surface area contributed by atoms with Crippen molar-refractivity contribution in [2.45, 2.75) is 26.7 Å². The molecular formula is C19H24N4O. The molecule has 1 N–H and O–H groups in total. The van der Waals surface area contributed by atoms with E-state index < -0.39 is 0 Å². The van der Waals surface area contributed by atoms with Crippen LogP contribution in [-0.2, 0) is 0 Å². The molecule has 0 aliphatic rings. The summed E-state index contributed by atoms with van der Waals surface area (Å²) in [5.41, 5.74) is 5.22.